The highest BCUT2D eigenvalue weighted by atomic mass is 19.4. The Kier molecular flexibility index (Phi) is 5.09. The van der Waals surface area contributed by atoms with E-state index in [4.69, 9.17) is 5.11 Å². The lowest BCUT2D eigenvalue weighted by molar-refractivity contribution is -0.137. The van der Waals surface area contributed by atoms with E-state index in [1.807, 2.05) is 0 Å². The van der Waals surface area contributed by atoms with Crippen molar-refractivity contribution in [3.8, 4) is 0 Å². The van der Waals surface area contributed by atoms with Crippen LogP contribution in [0.4, 0.5) is 18.9 Å². The van der Waals surface area contributed by atoms with Crippen LogP contribution in [0.3, 0.4) is 0 Å². The van der Waals surface area contributed by atoms with E-state index in [1.165, 1.54) is 0 Å². The summed E-state index contributed by atoms with van der Waals surface area (Å²) in [7, 11) is 0. The fraction of sp³-hybridized carbons (Fsp3) is 0.333. The van der Waals surface area contributed by atoms with Crippen LogP contribution in [0.15, 0.2) is 18.2 Å². The number of benzene rings is 1. The quantitative estimate of drug-likeness (QED) is 0.774. The predicted molar refractivity (Wildman–Crippen MR) is 65.6 cm³/mol. The highest BCUT2D eigenvalue weighted by molar-refractivity contribution is 5.95. The standard InChI is InChI=1S/C12H13F3N2O3/c1-2-16-6-10(18)17-9-4-7(11(19)20)3-8(5-9)12(13,14)15/h3-5,16H,2,6H2,1H3,(H,17,18)(H,19,20). The van der Waals surface area contributed by atoms with Gasteiger partial charge in [0.25, 0.3) is 0 Å². The SMILES string of the molecule is CCNCC(=O)Nc1cc(C(=O)O)cc(C(F)(F)F)c1. The van der Waals surface area contributed by atoms with Gasteiger partial charge in [0.1, 0.15) is 0 Å². The molecule has 8 heteroatoms. The lowest BCUT2D eigenvalue weighted by Gasteiger charge is -2.11. The van der Waals surface area contributed by atoms with Gasteiger partial charge in [-0.25, -0.2) is 4.79 Å². The lowest BCUT2D eigenvalue weighted by Crippen LogP contribution is -2.28. The van der Waals surface area contributed by atoms with Crippen molar-refractivity contribution in [1.82, 2.24) is 5.32 Å². The molecular weight excluding hydrogens is 277 g/mol. The molecule has 0 bridgehead atoms. The molecule has 0 aliphatic rings. The fourth-order valence-electron chi connectivity index (χ4n) is 1.43. The van der Waals surface area contributed by atoms with Crippen molar-refractivity contribution in [2.75, 3.05) is 18.4 Å². The van der Waals surface area contributed by atoms with Gasteiger partial charge in [-0.2, -0.15) is 13.2 Å². The molecule has 1 aromatic rings. The lowest BCUT2D eigenvalue weighted by atomic mass is 10.1. The third-order valence-corrected chi connectivity index (χ3v) is 2.33. The van der Waals surface area contributed by atoms with Crippen molar-refractivity contribution in [1.29, 1.82) is 0 Å². The summed E-state index contributed by atoms with van der Waals surface area (Å²) < 4.78 is 37.9. The molecule has 0 spiro atoms. The number of nitrogens with one attached hydrogen (secondary N) is 2. The number of anilines is 1. The minimum absolute atomic E-state index is 0.0743. The van der Waals surface area contributed by atoms with E-state index in [0.717, 1.165) is 6.07 Å². The molecule has 5 nitrogen and oxygen atoms in total. The number of alkyl halides is 3. The molecule has 0 aromatic heterocycles. The number of hydrogen-bond acceptors (Lipinski definition) is 3. The van der Waals surface area contributed by atoms with Gasteiger partial charge in [0, 0.05) is 5.69 Å². The van der Waals surface area contributed by atoms with Crippen LogP contribution >= 0.6 is 0 Å². The molecule has 1 amide bonds. The van der Waals surface area contributed by atoms with E-state index in [0.29, 0.717) is 18.7 Å². The molecule has 20 heavy (non-hydrogen) atoms. The zero-order chi connectivity index (χ0) is 15.3. The molecule has 0 atom stereocenters. The van der Waals surface area contributed by atoms with Crippen LogP contribution in [0.1, 0.15) is 22.8 Å². The summed E-state index contributed by atoms with van der Waals surface area (Å²) in [4.78, 5) is 22.2. The second-order valence-corrected chi connectivity index (χ2v) is 3.93. The Balaban J connectivity index is 3.04. The second kappa shape index (κ2) is 6.38. The first-order valence-electron chi connectivity index (χ1n) is 5.70. The minimum Gasteiger partial charge on any atom is -0.478 e. The van der Waals surface area contributed by atoms with Gasteiger partial charge in [-0.15, -0.1) is 0 Å². The van der Waals surface area contributed by atoms with E-state index >= 15 is 0 Å². The largest absolute Gasteiger partial charge is 0.478 e. The van der Waals surface area contributed by atoms with E-state index in [1.54, 1.807) is 6.92 Å². The molecule has 0 saturated heterocycles. The summed E-state index contributed by atoms with van der Waals surface area (Å²) >= 11 is 0. The molecule has 0 aliphatic carbocycles. The van der Waals surface area contributed by atoms with Crippen LogP contribution in [0.2, 0.25) is 0 Å². The van der Waals surface area contributed by atoms with E-state index < -0.39 is 29.2 Å². The predicted octanol–water partition coefficient (Wildman–Crippen LogP) is 1.95. The molecule has 1 rings (SSSR count). The molecule has 0 fully saturated rings. The average molecular weight is 290 g/mol. The van der Waals surface area contributed by atoms with Crippen molar-refractivity contribution in [3.63, 3.8) is 0 Å². The number of likely N-dealkylation sites (N-methyl/N-ethyl adjacent to an activating group) is 1. The topological polar surface area (TPSA) is 78.4 Å². The maximum atomic E-state index is 12.6. The normalized spacial score (nSPS) is 11.2. The summed E-state index contributed by atoms with van der Waals surface area (Å²) in [5.74, 6) is -2.05. The van der Waals surface area contributed by atoms with Crippen molar-refractivity contribution in [2.24, 2.45) is 0 Å². The van der Waals surface area contributed by atoms with Gasteiger partial charge in [0.15, 0.2) is 0 Å². The molecule has 0 aliphatic heterocycles. The van der Waals surface area contributed by atoms with Crippen molar-refractivity contribution < 1.29 is 27.9 Å². The molecule has 0 unspecified atom stereocenters. The number of carbonyl (C=O) groups is 2. The van der Waals surface area contributed by atoms with Crippen LogP contribution in [0.25, 0.3) is 0 Å². The Morgan fingerprint density at radius 1 is 1.25 bits per heavy atom. The first-order chi connectivity index (χ1) is 9.24. The van der Waals surface area contributed by atoms with Gasteiger partial charge in [-0.1, -0.05) is 6.92 Å². The number of carboxylic acids is 1. The fourth-order valence-corrected chi connectivity index (χ4v) is 1.43. The average Bonchev–Trinajstić information content (AvgIpc) is 2.34. The van der Waals surface area contributed by atoms with Crippen molar-refractivity contribution >= 4 is 17.6 Å². The summed E-state index contributed by atoms with van der Waals surface area (Å²) in [5, 5.41) is 13.7. The summed E-state index contributed by atoms with van der Waals surface area (Å²) in [5.41, 5.74) is -1.88. The number of hydrogen-bond donors (Lipinski definition) is 3. The number of aromatic carboxylic acids is 1. The second-order valence-electron chi connectivity index (χ2n) is 3.93. The molecule has 0 heterocycles. The van der Waals surface area contributed by atoms with Gasteiger partial charge in [-0.3, -0.25) is 4.79 Å². The Morgan fingerprint density at radius 2 is 1.90 bits per heavy atom. The van der Waals surface area contributed by atoms with Gasteiger partial charge < -0.3 is 15.7 Å². The smallest absolute Gasteiger partial charge is 0.416 e. The number of carboxylic acid groups (broad SMARTS) is 1. The molecule has 1 aromatic carbocycles. The number of halogens is 3. The van der Waals surface area contributed by atoms with Crippen LogP contribution in [-0.2, 0) is 11.0 Å². The number of amides is 1. The maximum absolute atomic E-state index is 12.6. The maximum Gasteiger partial charge on any atom is 0.416 e. The van der Waals surface area contributed by atoms with Gasteiger partial charge in [0.05, 0.1) is 17.7 Å². The van der Waals surface area contributed by atoms with Crippen molar-refractivity contribution in [2.45, 2.75) is 13.1 Å². The van der Waals surface area contributed by atoms with E-state index in [9.17, 15) is 22.8 Å². The van der Waals surface area contributed by atoms with Crippen LogP contribution in [0.5, 0.6) is 0 Å². The first kappa shape index (κ1) is 16.0. The Labute approximate surface area is 112 Å². The molecule has 0 radical (unpaired) electrons. The molecule has 3 N–H and O–H groups in total. The Bertz CT molecular complexity index is 515. The number of carbonyl (C=O) groups excluding carboxylic acids is 1. The molecular formula is C12H13F3N2O3. The first-order valence-corrected chi connectivity index (χ1v) is 5.70. The van der Waals surface area contributed by atoms with Gasteiger partial charge in [0.2, 0.25) is 5.91 Å². The summed E-state index contributed by atoms with van der Waals surface area (Å²) in [6.45, 7) is 2.21. The Morgan fingerprint density at radius 3 is 2.40 bits per heavy atom. The summed E-state index contributed by atoms with van der Waals surface area (Å²) in [6, 6.07) is 2.18. The monoisotopic (exact) mass is 290 g/mol. The molecule has 0 saturated carbocycles. The van der Waals surface area contributed by atoms with Gasteiger partial charge in [-0.05, 0) is 24.7 Å². The highest BCUT2D eigenvalue weighted by Crippen LogP contribution is 2.32. The van der Waals surface area contributed by atoms with Crippen molar-refractivity contribution in [3.05, 3.63) is 29.3 Å². The van der Waals surface area contributed by atoms with Gasteiger partial charge >= 0.3 is 12.1 Å². The summed E-state index contributed by atoms with van der Waals surface area (Å²) in [6.07, 6.45) is -4.69. The zero-order valence-corrected chi connectivity index (χ0v) is 10.5. The van der Waals surface area contributed by atoms with Crippen LogP contribution < -0.4 is 10.6 Å². The van der Waals surface area contributed by atoms with Crippen LogP contribution in [-0.4, -0.2) is 30.1 Å². The zero-order valence-electron chi connectivity index (χ0n) is 10.5. The Hall–Kier alpha value is -2.09. The van der Waals surface area contributed by atoms with E-state index in [2.05, 4.69) is 10.6 Å². The molecule has 110 valence electrons. The number of rotatable bonds is 5. The van der Waals surface area contributed by atoms with Crippen LogP contribution in [0, 0.1) is 0 Å². The minimum atomic E-state index is -4.69. The third-order valence-electron chi connectivity index (χ3n) is 2.33. The highest BCUT2D eigenvalue weighted by Gasteiger charge is 2.32. The third kappa shape index (κ3) is 4.54. The van der Waals surface area contributed by atoms with E-state index in [-0.39, 0.29) is 12.2 Å².